The van der Waals surface area contributed by atoms with Crippen LogP contribution >= 0.6 is 11.6 Å². The van der Waals surface area contributed by atoms with E-state index in [4.69, 9.17) is 11.6 Å². The zero-order valence-electron chi connectivity index (χ0n) is 15.1. The number of amides is 2. The van der Waals surface area contributed by atoms with E-state index in [1.165, 1.54) is 0 Å². The molecular weight excluding hydrogens is 352 g/mol. The normalized spacial score (nSPS) is 13.0. The molecule has 0 saturated carbocycles. The average Bonchev–Trinajstić information content (AvgIpc) is 2.62. The van der Waals surface area contributed by atoms with Crippen LogP contribution < -0.4 is 10.6 Å². The summed E-state index contributed by atoms with van der Waals surface area (Å²) in [6.45, 7) is 5.25. The summed E-state index contributed by atoms with van der Waals surface area (Å²) in [7, 11) is 0. The summed E-state index contributed by atoms with van der Waals surface area (Å²) in [4.78, 5) is 24.7. The number of anilines is 1. The van der Waals surface area contributed by atoms with Gasteiger partial charge in [-0.1, -0.05) is 48.9 Å². The first-order valence-corrected chi connectivity index (χ1v) is 8.78. The number of hydrogen-bond donors (Lipinski definition) is 3. The van der Waals surface area contributed by atoms with E-state index in [0.717, 1.165) is 16.8 Å². The lowest BCUT2D eigenvalue weighted by Gasteiger charge is -2.26. The third-order valence-electron chi connectivity index (χ3n) is 4.34. The molecule has 3 N–H and O–H groups in total. The maximum absolute atomic E-state index is 12.5. The van der Waals surface area contributed by atoms with Crippen LogP contribution in [0.15, 0.2) is 42.5 Å². The number of para-hydroxylation sites is 1. The van der Waals surface area contributed by atoms with Gasteiger partial charge in [-0.3, -0.25) is 9.59 Å². The van der Waals surface area contributed by atoms with Gasteiger partial charge in [0, 0.05) is 10.7 Å². The number of aryl methyl sites for hydroxylation is 2. The monoisotopic (exact) mass is 374 g/mol. The van der Waals surface area contributed by atoms with Crippen LogP contribution in [-0.2, 0) is 15.2 Å². The van der Waals surface area contributed by atoms with Crippen LogP contribution in [0.3, 0.4) is 0 Å². The van der Waals surface area contributed by atoms with Crippen molar-refractivity contribution in [3.63, 3.8) is 0 Å². The van der Waals surface area contributed by atoms with Gasteiger partial charge in [-0.15, -0.1) is 0 Å². The van der Waals surface area contributed by atoms with Gasteiger partial charge in [-0.25, -0.2) is 0 Å². The lowest BCUT2D eigenvalue weighted by Crippen LogP contribution is -2.46. The Kier molecular flexibility index (Phi) is 6.40. The number of halogens is 1. The summed E-state index contributed by atoms with van der Waals surface area (Å²) in [5, 5.41) is 16.5. The number of nitrogens with one attached hydrogen (secondary N) is 2. The van der Waals surface area contributed by atoms with E-state index in [9.17, 15) is 14.7 Å². The second-order valence-electron chi connectivity index (χ2n) is 6.22. The third-order valence-corrected chi connectivity index (χ3v) is 4.58. The highest BCUT2D eigenvalue weighted by Crippen LogP contribution is 2.27. The molecule has 2 aromatic carbocycles. The molecule has 26 heavy (non-hydrogen) atoms. The van der Waals surface area contributed by atoms with Crippen LogP contribution in [0.1, 0.15) is 30.0 Å². The fourth-order valence-electron chi connectivity index (χ4n) is 2.74. The van der Waals surface area contributed by atoms with E-state index in [1.54, 1.807) is 31.2 Å². The summed E-state index contributed by atoms with van der Waals surface area (Å²) in [6, 6.07) is 12.2. The van der Waals surface area contributed by atoms with Gasteiger partial charge in [0.25, 0.3) is 5.91 Å². The van der Waals surface area contributed by atoms with Gasteiger partial charge in [0.15, 0.2) is 5.60 Å². The summed E-state index contributed by atoms with van der Waals surface area (Å²) in [5.74, 6) is -1.00. The zero-order valence-corrected chi connectivity index (χ0v) is 15.9. The molecule has 0 aromatic heterocycles. The van der Waals surface area contributed by atoms with Crippen molar-refractivity contribution in [1.82, 2.24) is 5.32 Å². The van der Waals surface area contributed by atoms with Crippen molar-refractivity contribution in [2.75, 3.05) is 11.9 Å². The maximum atomic E-state index is 12.5. The number of benzene rings is 2. The highest BCUT2D eigenvalue weighted by atomic mass is 35.5. The molecule has 0 spiro atoms. The van der Waals surface area contributed by atoms with E-state index >= 15 is 0 Å². The molecule has 2 rings (SSSR count). The smallest absolute Gasteiger partial charge is 0.257 e. The van der Waals surface area contributed by atoms with Crippen molar-refractivity contribution in [3.05, 3.63) is 64.2 Å². The van der Waals surface area contributed by atoms with Crippen molar-refractivity contribution in [3.8, 4) is 0 Å². The number of carbonyl (C=O) groups excluding carboxylic acids is 2. The number of rotatable bonds is 6. The molecule has 0 bridgehead atoms. The molecule has 0 heterocycles. The Labute approximate surface area is 158 Å². The van der Waals surface area contributed by atoms with Gasteiger partial charge in [-0.2, -0.15) is 0 Å². The number of aliphatic hydroxyl groups is 1. The van der Waals surface area contributed by atoms with E-state index in [-0.39, 0.29) is 18.9 Å². The van der Waals surface area contributed by atoms with Crippen LogP contribution in [0.4, 0.5) is 5.69 Å². The highest BCUT2D eigenvalue weighted by Gasteiger charge is 2.36. The van der Waals surface area contributed by atoms with Crippen molar-refractivity contribution in [2.45, 2.75) is 32.8 Å². The quantitative estimate of drug-likeness (QED) is 0.725. The SMILES string of the molecule is CCC(O)(C(=O)NCC(=O)Nc1c(C)cccc1C)c1cccc(Cl)c1. The molecule has 0 saturated heterocycles. The standard InChI is InChI=1S/C20H23ClN2O3/c1-4-20(26,15-9-6-10-16(21)11-15)19(25)22-12-17(24)23-18-13(2)7-5-8-14(18)3/h5-11,26H,4,12H2,1-3H3,(H,22,25)(H,23,24). The summed E-state index contributed by atoms with van der Waals surface area (Å²) >= 11 is 5.95. The minimum Gasteiger partial charge on any atom is -0.375 e. The lowest BCUT2D eigenvalue weighted by molar-refractivity contribution is -0.142. The fourth-order valence-corrected chi connectivity index (χ4v) is 2.93. The first-order valence-electron chi connectivity index (χ1n) is 8.40. The summed E-state index contributed by atoms with van der Waals surface area (Å²) < 4.78 is 0. The Balaban J connectivity index is 2.05. The molecule has 0 aliphatic carbocycles. The largest absolute Gasteiger partial charge is 0.375 e. The Hall–Kier alpha value is -2.37. The van der Waals surface area contributed by atoms with Gasteiger partial charge < -0.3 is 15.7 Å². The van der Waals surface area contributed by atoms with Crippen LogP contribution in [0.5, 0.6) is 0 Å². The second kappa shape index (κ2) is 8.34. The van der Waals surface area contributed by atoms with E-state index < -0.39 is 11.5 Å². The Bertz CT molecular complexity index is 802. The van der Waals surface area contributed by atoms with Crippen molar-refractivity contribution in [2.24, 2.45) is 0 Å². The first-order chi connectivity index (χ1) is 12.3. The van der Waals surface area contributed by atoms with Gasteiger partial charge in [-0.05, 0) is 49.1 Å². The lowest BCUT2D eigenvalue weighted by atomic mass is 9.90. The molecule has 0 aliphatic rings. The Morgan fingerprint density at radius 3 is 2.31 bits per heavy atom. The Morgan fingerprint density at radius 2 is 1.73 bits per heavy atom. The maximum Gasteiger partial charge on any atom is 0.257 e. The van der Waals surface area contributed by atoms with Crippen molar-refractivity contribution < 1.29 is 14.7 Å². The summed E-state index contributed by atoms with van der Waals surface area (Å²) in [5.41, 5.74) is 1.25. The first kappa shape index (κ1) is 19.9. The summed E-state index contributed by atoms with van der Waals surface area (Å²) in [6.07, 6.45) is 0.150. The van der Waals surface area contributed by atoms with Gasteiger partial charge >= 0.3 is 0 Å². The predicted molar refractivity (Wildman–Crippen MR) is 103 cm³/mol. The van der Waals surface area contributed by atoms with Crippen LogP contribution in [0.25, 0.3) is 0 Å². The molecular formula is C20H23ClN2O3. The molecule has 6 heteroatoms. The highest BCUT2D eigenvalue weighted by molar-refractivity contribution is 6.30. The predicted octanol–water partition coefficient (Wildman–Crippen LogP) is 3.31. The zero-order chi connectivity index (χ0) is 19.3. The van der Waals surface area contributed by atoms with Crippen LogP contribution in [-0.4, -0.2) is 23.5 Å². The van der Waals surface area contributed by atoms with Crippen LogP contribution in [0.2, 0.25) is 5.02 Å². The van der Waals surface area contributed by atoms with Crippen molar-refractivity contribution >= 4 is 29.1 Å². The van der Waals surface area contributed by atoms with Gasteiger partial charge in [0.2, 0.25) is 5.91 Å². The number of hydrogen-bond acceptors (Lipinski definition) is 3. The number of carbonyl (C=O) groups is 2. The Morgan fingerprint density at radius 1 is 1.12 bits per heavy atom. The fraction of sp³-hybridized carbons (Fsp3) is 0.300. The van der Waals surface area contributed by atoms with E-state index in [0.29, 0.717) is 10.6 Å². The van der Waals surface area contributed by atoms with Crippen molar-refractivity contribution in [1.29, 1.82) is 0 Å². The molecule has 2 amide bonds. The van der Waals surface area contributed by atoms with Gasteiger partial charge in [0.05, 0.1) is 6.54 Å². The molecule has 5 nitrogen and oxygen atoms in total. The van der Waals surface area contributed by atoms with E-state index in [2.05, 4.69) is 10.6 Å². The molecule has 2 aromatic rings. The second-order valence-corrected chi connectivity index (χ2v) is 6.66. The van der Waals surface area contributed by atoms with E-state index in [1.807, 2.05) is 32.0 Å². The molecule has 1 atom stereocenters. The minimum absolute atomic E-state index is 0.150. The molecule has 0 aliphatic heterocycles. The molecule has 0 fully saturated rings. The molecule has 1 unspecified atom stereocenters. The van der Waals surface area contributed by atoms with Crippen LogP contribution in [0, 0.1) is 13.8 Å². The molecule has 0 radical (unpaired) electrons. The minimum atomic E-state index is -1.75. The topological polar surface area (TPSA) is 78.4 Å². The third kappa shape index (κ3) is 4.42. The average molecular weight is 375 g/mol. The molecule has 138 valence electrons. The van der Waals surface area contributed by atoms with Gasteiger partial charge in [0.1, 0.15) is 0 Å².